The summed E-state index contributed by atoms with van der Waals surface area (Å²) in [5.41, 5.74) is 0.194. The van der Waals surface area contributed by atoms with Crippen molar-refractivity contribution in [3.63, 3.8) is 0 Å². The highest BCUT2D eigenvalue weighted by Crippen LogP contribution is 2.25. The first-order valence-corrected chi connectivity index (χ1v) is 4.91. The highest BCUT2D eigenvalue weighted by molar-refractivity contribution is 4.79. The fourth-order valence-corrected chi connectivity index (χ4v) is 1.08. The molecule has 0 atom stereocenters. The standard InChI is InChI=1S/2C5H10O2/c2*1-5(2-6)3-7-4-5/h2*6H,2-4H2,1H3. The zero-order valence-electron chi connectivity index (χ0n) is 8.95. The number of hydrogen-bond acceptors (Lipinski definition) is 4. The molecule has 4 nitrogen and oxygen atoms in total. The van der Waals surface area contributed by atoms with Gasteiger partial charge in [-0.05, 0) is 0 Å². The normalized spacial score (nSPS) is 26.6. The van der Waals surface area contributed by atoms with Gasteiger partial charge in [0.1, 0.15) is 0 Å². The van der Waals surface area contributed by atoms with Crippen molar-refractivity contribution in [1.29, 1.82) is 0 Å². The molecule has 2 aliphatic heterocycles. The van der Waals surface area contributed by atoms with Crippen LogP contribution in [0, 0.1) is 10.8 Å². The molecule has 0 spiro atoms. The summed E-state index contributed by atoms with van der Waals surface area (Å²) in [6.45, 7) is 7.44. The molecule has 2 heterocycles. The average Bonchev–Trinajstić information content (AvgIpc) is 2.11. The van der Waals surface area contributed by atoms with E-state index in [0.717, 1.165) is 26.4 Å². The first-order valence-electron chi connectivity index (χ1n) is 4.91. The molecule has 4 heteroatoms. The number of aliphatic hydroxyl groups excluding tert-OH is 2. The summed E-state index contributed by atoms with van der Waals surface area (Å²) in [5.74, 6) is 0. The van der Waals surface area contributed by atoms with Crippen LogP contribution in [0.1, 0.15) is 13.8 Å². The van der Waals surface area contributed by atoms with E-state index in [2.05, 4.69) is 0 Å². The van der Waals surface area contributed by atoms with Crippen molar-refractivity contribution in [2.45, 2.75) is 13.8 Å². The second-order valence-electron chi connectivity index (χ2n) is 4.92. The minimum absolute atomic E-state index is 0.0972. The van der Waals surface area contributed by atoms with Gasteiger partial charge in [-0.15, -0.1) is 0 Å². The Balaban J connectivity index is 0.000000140. The summed E-state index contributed by atoms with van der Waals surface area (Å²) in [6.07, 6.45) is 0. The summed E-state index contributed by atoms with van der Waals surface area (Å²) in [6, 6.07) is 0. The predicted octanol–water partition coefficient (Wildman–Crippen LogP) is 0.0304. The lowest BCUT2D eigenvalue weighted by atomic mass is 9.90. The van der Waals surface area contributed by atoms with Crippen molar-refractivity contribution >= 4 is 0 Å². The first-order chi connectivity index (χ1) is 6.54. The van der Waals surface area contributed by atoms with Crippen molar-refractivity contribution < 1.29 is 19.7 Å². The minimum atomic E-state index is 0.0972. The monoisotopic (exact) mass is 204 g/mol. The Morgan fingerprint density at radius 1 is 0.857 bits per heavy atom. The third-order valence-electron chi connectivity index (χ3n) is 2.57. The molecule has 0 bridgehead atoms. The van der Waals surface area contributed by atoms with Gasteiger partial charge in [0.05, 0.1) is 39.6 Å². The molecular weight excluding hydrogens is 184 g/mol. The van der Waals surface area contributed by atoms with Crippen molar-refractivity contribution in [1.82, 2.24) is 0 Å². The van der Waals surface area contributed by atoms with Crippen LogP contribution in [0.15, 0.2) is 0 Å². The van der Waals surface area contributed by atoms with E-state index in [1.165, 1.54) is 0 Å². The first kappa shape index (κ1) is 11.9. The Labute approximate surface area is 84.8 Å². The van der Waals surface area contributed by atoms with E-state index < -0.39 is 0 Å². The molecular formula is C10H20O4. The van der Waals surface area contributed by atoms with Gasteiger partial charge in [0.15, 0.2) is 0 Å². The van der Waals surface area contributed by atoms with Gasteiger partial charge in [0.25, 0.3) is 0 Å². The molecule has 0 aromatic carbocycles. The molecule has 0 unspecified atom stereocenters. The molecule has 2 aliphatic rings. The maximum atomic E-state index is 8.57. The van der Waals surface area contributed by atoms with Crippen LogP contribution in [-0.4, -0.2) is 49.9 Å². The molecule has 2 fully saturated rings. The Hall–Kier alpha value is -0.160. The Kier molecular flexibility index (Phi) is 3.89. The second kappa shape index (κ2) is 4.57. The number of aliphatic hydroxyl groups is 2. The van der Waals surface area contributed by atoms with Crippen LogP contribution in [0.3, 0.4) is 0 Å². The van der Waals surface area contributed by atoms with E-state index in [1.807, 2.05) is 13.8 Å². The van der Waals surface area contributed by atoms with Crippen LogP contribution in [0.4, 0.5) is 0 Å². The lowest BCUT2D eigenvalue weighted by Gasteiger charge is -2.35. The van der Waals surface area contributed by atoms with Crippen molar-refractivity contribution in [3.05, 3.63) is 0 Å². The van der Waals surface area contributed by atoms with Gasteiger partial charge < -0.3 is 19.7 Å². The molecule has 2 rings (SSSR count). The van der Waals surface area contributed by atoms with E-state index >= 15 is 0 Å². The largest absolute Gasteiger partial charge is 0.396 e. The maximum absolute atomic E-state index is 8.57. The van der Waals surface area contributed by atoms with Crippen molar-refractivity contribution in [2.24, 2.45) is 10.8 Å². The van der Waals surface area contributed by atoms with Gasteiger partial charge in [-0.3, -0.25) is 0 Å². The molecule has 0 aromatic rings. The molecule has 0 saturated carbocycles. The quantitative estimate of drug-likeness (QED) is 0.666. The van der Waals surface area contributed by atoms with Crippen LogP contribution < -0.4 is 0 Å². The summed E-state index contributed by atoms with van der Waals surface area (Å²) < 4.78 is 9.74. The smallest absolute Gasteiger partial charge is 0.0564 e. The third-order valence-corrected chi connectivity index (χ3v) is 2.57. The fourth-order valence-electron chi connectivity index (χ4n) is 1.08. The van der Waals surface area contributed by atoms with Gasteiger partial charge in [-0.2, -0.15) is 0 Å². The van der Waals surface area contributed by atoms with Crippen LogP contribution in [0.5, 0.6) is 0 Å². The summed E-state index contributed by atoms with van der Waals surface area (Å²) in [7, 11) is 0. The van der Waals surface area contributed by atoms with E-state index in [-0.39, 0.29) is 24.0 Å². The van der Waals surface area contributed by atoms with Gasteiger partial charge in [0, 0.05) is 10.8 Å². The zero-order chi connectivity index (χ0) is 10.7. The molecule has 0 aliphatic carbocycles. The number of ether oxygens (including phenoxy) is 2. The van der Waals surface area contributed by atoms with Crippen LogP contribution in [-0.2, 0) is 9.47 Å². The van der Waals surface area contributed by atoms with Crippen LogP contribution >= 0.6 is 0 Å². The van der Waals surface area contributed by atoms with Crippen LogP contribution in [0.2, 0.25) is 0 Å². The molecule has 2 saturated heterocycles. The lowest BCUT2D eigenvalue weighted by Crippen LogP contribution is -2.42. The molecule has 0 amide bonds. The lowest BCUT2D eigenvalue weighted by molar-refractivity contribution is -0.125. The van der Waals surface area contributed by atoms with Gasteiger partial charge in [0.2, 0.25) is 0 Å². The van der Waals surface area contributed by atoms with Crippen LogP contribution in [0.25, 0.3) is 0 Å². The fraction of sp³-hybridized carbons (Fsp3) is 1.00. The summed E-state index contributed by atoms with van der Waals surface area (Å²) >= 11 is 0. The van der Waals surface area contributed by atoms with Gasteiger partial charge in [-0.1, -0.05) is 13.8 Å². The van der Waals surface area contributed by atoms with E-state index in [9.17, 15) is 0 Å². The zero-order valence-corrected chi connectivity index (χ0v) is 8.95. The predicted molar refractivity (Wildman–Crippen MR) is 52.0 cm³/mol. The van der Waals surface area contributed by atoms with E-state index in [0.29, 0.717) is 0 Å². The van der Waals surface area contributed by atoms with E-state index in [1.54, 1.807) is 0 Å². The number of rotatable bonds is 2. The molecule has 14 heavy (non-hydrogen) atoms. The highest BCUT2D eigenvalue weighted by Gasteiger charge is 2.32. The molecule has 0 radical (unpaired) electrons. The number of hydrogen-bond donors (Lipinski definition) is 2. The molecule has 0 aromatic heterocycles. The summed E-state index contributed by atoms with van der Waals surface area (Å²) in [4.78, 5) is 0. The summed E-state index contributed by atoms with van der Waals surface area (Å²) in [5, 5.41) is 17.1. The third kappa shape index (κ3) is 2.92. The molecule has 84 valence electrons. The van der Waals surface area contributed by atoms with Crippen molar-refractivity contribution in [2.75, 3.05) is 39.6 Å². The minimum Gasteiger partial charge on any atom is -0.396 e. The average molecular weight is 204 g/mol. The Morgan fingerprint density at radius 2 is 1.14 bits per heavy atom. The Morgan fingerprint density at radius 3 is 1.14 bits per heavy atom. The molecule has 2 N–H and O–H groups in total. The highest BCUT2D eigenvalue weighted by atomic mass is 16.5. The Bertz CT molecular complexity index is 142. The second-order valence-corrected chi connectivity index (χ2v) is 4.92. The van der Waals surface area contributed by atoms with Crippen molar-refractivity contribution in [3.8, 4) is 0 Å². The topological polar surface area (TPSA) is 58.9 Å². The maximum Gasteiger partial charge on any atom is 0.0564 e. The van der Waals surface area contributed by atoms with Gasteiger partial charge >= 0.3 is 0 Å². The van der Waals surface area contributed by atoms with Gasteiger partial charge in [-0.25, -0.2) is 0 Å². The SMILES string of the molecule is CC1(CO)COC1.CC1(CO)COC1. The van der Waals surface area contributed by atoms with E-state index in [4.69, 9.17) is 19.7 Å².